The van der Waals surface area contributed by atoms with Gasteiger partial charge in [-0.05, 0) is 37.5 Å². The molecule has 7 nitrogen and oxygen atoms in total. The number of fused-ring (bicyclic) bond motifs is 1. The number of carbonyl (C=O) groups excluding carboxylic acids is 1. The van der Waals surface area contributed by atoms with Crippen molar-refractivity contribution in [3.63, 3.8) is 0 Å². The summed E-state index contributed by atoms with van der Waals surface area (Å²) in [7, 11) is 0. The Bertz CT molecular complexity index is 1370. The molecule has 1 aliphatic rings. The van der Waals surface area contributed by atoms with Gasteiger partial charge in [-0.2, -0.15) is 5.10 Å². The van der Waals surface area contributed by atoms with Gasteiger partial charge in [0.2, 0.25) is 0 Å². The van der Waals surface area contributed by atoms with Crippen molar-refractivity contribution in [2.45, 2.75) is 31.3 Å². The summed E-state index contributed by atoms with van der Waals surface area (Å²) in [5, 5.41) is 18.9. The minimum Gasteiger partial charge on any atom is -0.481 e. The largest absolute Gasteiger partial charge is 0.481 e. The van der Waals surface area contributed by atoms with Crippen LogP contribution in [0.1, 0.15) is 46.8 Å². The highest BCUT2D eigenvalue weighted by Gasteiger charge is 2.53. The van der Waals surface area contributed by atoms with Gasteiger partial charge in [0.25, 0.3) is 0 Å². The van der Waals surface area contributed by atoms with E-state index in [4.69, 9.17) is 4.74 Å². The van der Waals surface area contributed by atoms with Crippen LogP contribution in [-0.2, 0) is 14.9 Å². The van der Waals surface area contributed by atoms with Crippen LogP contribution in [0.3, 0.4) is 0 Å². The summed E-state index contributed by atoms with van der Waals surface area (Å²) in [6, 6.07) is 13.4. The monoisotopic (exact) mass is 477 g/mol. The highest BCUT2D eigenvalue weighted by atomic mass is 32.1. The minimum atomic E-state index is -0.743. The Hall–Kier alpha value is -3.61. The van der Waals surface area contributed by atoms with E-state index in [1.165, 1.54) is 22.7 Å². The zero-order valence-corrected chi connectivity index (χ0v) is 19.2. The number of rotatable bonds is 5. The zero-order valence-electron chi connectivity index (χ0n) is 17.5. The lowest BCUT2D eigenvalue weighted by molar-refractivity contribution is -0.139. The SMILES string of the molecule is C[C@@H](OC(=O)Nc1[nH]ncc1C#Cc1cc2sc(C3(C(=O)O)CC3)cc2s1)c1ccccc1. The van der Waals surface area contributed by atoms with E-state index in [1.807, 2.05) is 42.5 Å². The third kappa shape index (κ3) is 4.23. The lowest BCUT2D eigenvalue weighted by atomic mass is 10.1. The summed E-state index contributed by atoms with van der Waals surface area (Å²) < 4.78 is 7.51. The lowest BCUT2D eigenvalue weighted by Gasteiger charge is -2.13. The van der Waals surface area contributed by atoms with Gasteiger partial charge in [0.05, 0.1) is 16.6 Å². The molecule has 0 saturated heterocycles. The fourth-order valence-electron chi connectivity index (χ4n) is 3.51. The van der Waals surface area contributed by atoms with Crippen molar-refractivity contribution in [1.82, 2.24) is 10.2 Å². The first-order valence-corrected chi connectivity index (χ1v) is 11.9. The first kappa shape index (κ1) is 21.2. The van der Waals surface area contributed by atoms with E-state index in [0.29, 0.717) is 24.2 Å². The van der Waals surface area contributed by atoms with Crippen LogP contribution in [0.2, 0.25) is 0 Å². The van der Waals surface area contributed by atoms with Crippen molar-refractivity contribution >= 4 is 50.0 Å². The smallest absolute Gasteiger partial charge is 0.413 e. The summed E-state index contributed by atoms with van der Waals surface area (Å²) in [4.78, 5) is 25.6. The summed E-state index contributed by atoms with van der Waals surface area (Å²) in [5.41, 5.74) is 0.757. The molecule has 3 heterocycles. The molecule has 166 valence electrons. The normalized spacial score (nSPS) is 14.8. The second-order valence-electron chi connectivity index (χ2n) is 7.83. The number of H-pyrrole nitrogens is 1. The first-order valence-electron chi connectivity index (χ1n) is 10.3. The van der Waals surface area contributed by atoms with E-state index >= 15 is 0 Å². The topological polar surface area (TPSA) is 104 Å². The standard InChI is InChI=1S/C24H19N3O4S2/c1-14(15-5-3-2-4-6-15)31-23(30)26-21-16(13-25-27-21)7-8-17-11-18-19(32-17)12-20(33-18)24(9-10-24)22(28)29/h2-6,11-14H,9-10H2,1H3,(H,28,29)(H2,25,26,27,30)/t14-/m1/s1. The molecule has 33 heavy (non-hydrogen) atoms. The van der Waals surface area contributed by atoms with Gasteiger partial charge in [-0.3, -0.25) is 15.2 Å². The molecular weight excluding hydrogens is 458 g/mol. The number of carboxylic acids is 1. The second-order valence-corrected chi connectivity index (χ2v) is 10.00. The van der Waals surface area contributed by atoms with Crippen LogP contribution >= 0.6 is 22.7 Å². The van der Waals surface area contributed by atoms with Crippen molar-refractivity contribution in [2.24, 2.45) is 0 Å². The van der Waals surface area contributed by atoms with Gasteiger partial charge >= 0.3 is 12.1 Å². The molecule has 1 fully saturated rings. The van der Waals surface area contributed by atoms with Crippen molar-refractivity contribution in [2.75, 3.05) is 5.32 Å². The highest BCUT2D eigenvalue weighted by Crippen LogP contribution is 2.52. The summed E-state index contributed by atoms with van der Waals surface area (Å²) in [6.07, 6.45) is 1.94. The maximum absolute atomic E-state index is 12.3. The predicted molar refractivity (Wildman–Crippen MR) is 128 cm³/mol. The van der Waals surface area contributed by atoms with Crippen LogP contribution < -0.4 is 5.32 Å². The molecule has 1 aliphatic carbocycles. The molecule has 0 unspecified atom stereocenters. The average molecular weight is 478 g/mol. The molecule has 0 spiro atoms. The number of anilines is 1. The van der Waals surface area contributed by atoms with Crippen LogP contribution in [0.25, 0.3) is 9.40 Å². The highest BCUT2D eigenvalue weighted by molar-refractivity contribution is 7.28. The number of amides is 1. The minimum absolute atomic E-state index is 0.366. The molecule has 1 saturated carbocycles. The number of thiophene rings is 2. The molecule has 1 atom stereocenters. The van der Waals surface area contributed by atoms with Gasteiger partial charge < -0.3 is 9.84 Å². The Labute approximate surface area is 197 Å². The summed E-state index contributed by atoms with van der Waals surface area (Å²) >= 11 is 3.05. The van der Waals surface area contributed by atoms with Crippen LogP contribution in [0.4, 0.5) is 10.6 Å². The molecule has 0 bridgehead atoms. The Morgan fingerprint density at radius 1 is 1.18 bits per heavy atom. The van der Waals surface area contributed by atoms with Gasteiger partial charge in [0.1, 0.15) is 17.3 Å². The molecule has 3 aromatic heterocycles. The van der Waals surface area contributed by atoms with E-state index in [2.05, 4.69) is 27.4 Å². The van der Waals surface area contributed by atoms with E-state index in [-0.39, 0.29) is 0 Å². The van der Waals surface area contributed by atoms with E-state index in [0.717, 1.165) is 24.7 Å². The third-order valence-corrected chi connectivity index (χ3v) is 7.99. The molecule has 9 heteroatoms. The molecule has 1 amide bonds. The molecule has 5 rings (SSSR count). The number of ether oxygens (including phenoxy) is 1. The van der Waals surface area contributed by atoms with Crippen molar-refractivity contribution in [1.29, 1.82) is 0 Å². The number of aromatic amines is 1. The number of benzene rings is 1. The first-order chi connectivity index (χ1) is 15.9. The van der Waals surface area contributed by atoms with Crippen molar-refractivity contribution in [3.05, 3.63) is 69.5 Å². The van der Waals surface area contributed by atoms with E-state index < -0.39 is 23.6 Å². The van der Waals surface area contributed by atoms with Crippen LogP contribution in [0.15, 0.2) is 48.7 Å². The van der Waals surface area contributed by atoms with E-state index in [1.54, 1.807) is 13.1 Å². The predicted octanol–water partition coefficient (Wildman–Crippen LogP) is 5.51. The molecule has 3 N–H and O–H groups in total. The Balaban J connectivity index is 1.27. The summed E-state index contributed by atoms with van der Waals surface area (Å²) in [6.45, 7) is 1.80. The van der Waals surface area contributed by atoms with Gasteiger partial charge in [-0.1, -0.05) is 42.2 Å². The van der Waals surface area contributed by atoms with E-state index in [9.17, 15) is 14.7 Å². The van der Waals surface area contributed by atoms with Gasteiger partial charge in [0.15, 0.2) is 0 Å². The number of nitrogens with one attached hydrogen (secondary N) is 2. The van der Waals surface area contributed by atoms with Crippen LogP contribution in [-0.4, -0.2) is 27.4 Å². The number of nitrogens with zero attached hydrogens (tertiary/aromatic N) is 1. The maximum Gasteiger partial charge on any atom is 0.413 e. The maximum atomic E-state index is 12.3. The number of carboxylic acid groups (broad SMARTS) is 1. The van der Waals surface area contributed by atoms with Crippen molar-refractivity contribution < 1.29 is 19.4 Å². The number of aromatic nitrogens is 2. The average Bonchev–Trinajstić information content (AvgIpc) is 3.12. The van der Waals surface area contributed by atoms with Crippen LogP contribution in [0, 0.1) is 11.8 Å². The number of hydrogen-bond donors (Lipinski definition) is 3. The summed E-state index contributed by atoms with van der Waals surface area (Å²) in [5.74, 6) is 5.76. The Kier molecular flexibility index (Phi) is 5.40. The van der Waals surface area contributed by atoms with Crippen LogP contribution in [0.5, 0.6) is 0 Å². The van der Waals surface area contributed by atoms with Gasteiger partial charge in [-0.25, -0.2) is 4.79 Å². The van der Waals surface area contributed by atoms with Gasteiger partial charge in [0, 0.05) is 14.3 Å². The fourth-order valence-corrected chi connectivity index (χ4v) is 6.00. The lowest BCUT2D eigenvalue weighted by Crippen LogP contribution is -2.17. The second kappa shape index (κ2) is 8.39. The third-order valence-electron chi connectivity index (χ3n) is 5.58. The number of hydrogen-bond acceptors (Lipinski definition) is 6. The van der Waals surface area contributed by atoms with Crippen molar-refractivity contribution in [3.8, 4) is 11.8 Å². The molecular formula is C24H19N3O4S2. The number of aliphatic carboxylic acids is 1. The van der Waals surface area contributed by atoms with Gasteiger partial charge in [-0.15, -0.1) is 22.7 Å². The number of carbonyl (C=O) groups is 2. The Morgan fingerprint density at radius 3 is 2.64 bits per heavy atom. The molecule has 4 aromatic rings. The molecule has 0 radical (unpaired) electrons. The molecule has 1 aromatic carbocycles. The zero-order chi connectivity index (χ0) is 23.0. The molecule has 0 aliphatic heterocycles. The quantitative estimate of drug-likeness (QED) is 0.329. The Morgan fingerprint density at radius 2 is 1.94 bits per heavy atom. The fraction of sp³-hybridized carbons (Fsp3) is 0.208.